The normalized spacial score (nSPS) is 15.3. The largest absolute Gasteiger partial charge is 0.417 e. The van der Waals surface area contributed by atoms with Crippen LogP contribution in [0.5, 0.6) is 0 Å². The number of anilines is 1. The van der Waals surface area contributed by atoms with Crippen molar-refractivity contribution in [3.63, 3.8) is 0 Å². The average molecular weight is 445 g/mol. The van der Waals surface area contributed by atoms with Crippen LogP contribution in [0, 0.1) is 5.92 Å². The Morgan fingerprint density at radius 2 is 1.66 bits per heavy atom. The van der Waals surface area contributed by atoms with E-state index in [1.54, 1.807) is 29.2 Å². The number of carbonyl (C=O) groups is 2. The number of hydrogen-bond donors (Lipinski definition) is 1. The predicted molar refractivity (Wildman–Crippen MR) is 105 cm³/mol. The molecule has 1 saturated heterocycles. The molecule has 3 rings (SSSR count). The molecule has 1 aliphatic rings. The van der Waals surface area contributed by atoms with E-state index in [1.165, 1.54) is 6.07 Å². The second-order valence-corrected chi connectivity index (χ2v) is 7.54. The van der Waals surface area contributed by atoms with Crippen molar-refractivity contribution in [1.82, 2.24) is 4.90 Å². The first kappa shape index (κ1) is 21.5. The molecule has 0 unspecified atom stereocenters. The lowest BCUT2D eigenvalue weighted by atomic mass is 9.95. The zero-order valence-corrected chi connectivity index (χ0v) is 16.6. The molecule has 29 heavy (non-hydrogen) atoms. The van der Waals surface area contributed by atoms with Crippen molar-refractivity contribution in [2.75, 3.05) is 18.4 Å². The molecule has 1 fully saturated rings. The van der Waals surface area contributed by atoms with Crippen molar-refractivity contribution in [2.24, 2.45) is 5.92 Å². The molecule has 0 aliphatic carbocycles. The van der Waals surface area contributed by atoms with Crippen molar-refractivity contribution in [3.05, 3.63) is 63.6 Å². The summed E-state index contributed by atoms with van der Waals surface area (Å²) in [7, 11) is 0. The highest BCUT2D eigenvalue weighted by Crippen LogP contribution is 2.36. The van der Waals surface area contributed by atoms with Crippen LogP contribution in [0.25, 0.3) is 0 Å². The molecule has 0 aromatic heterocycles. The van der Waals surface area contributed by atoms with Gasteiger partial charge in [0, 0.05) is 24.7 Å². The van der Waals surface area contributed by atoms with Crippen LogP contribution in [-0.4, -0.2) is 29.8 Å². The van der Waals surface area contributed by atoms with Crippen LogP contribution in [-0.2, 0) is 11.0 Å². The molecule has 0 bridgehead atoms. The van der Waals surface area contributed by atoms with Crippen LogP contribution in [0.4, 0.5) is 18.9 Å². The number of likely N-dealkylation sites (tertiary alicyclic amines) is 1. The van der Waals surface area contributed by atoms with Gasteiger partial charge in [0.2, 0.25) is 5.91 Å². The molecule has 0 saturated carbocycles. The monoisotopic (exact) mass is 444 g/mol. The Morgan fingerprint density at radius 1 is 1.00 bits per heavy atom. The average Bonchev–Trinajstić information content (AvgIpc) is 2.68. The Morgan fingerprint density at radius 3 is 2.28 bits per heavy atom. The third-order valence-electron chi connectivity index (χ3n) is 4.80. The van der Waals surface area contributed by atoms with Gasteiger partial charge in [0.05, 0.1) is 21.2 Å². The van der Waals surface area contributed by atoms with Crippen LogP contribution in [0.15, 0.2) is 42.5 Å². The van der Waals surface area contributed by atoms with Gasteiger partial charge in [-0.05, 0) is 43.2 Å². The van der Waals surface area contributed by atoms with Crippen LogP contribution in [0.3, 0.4) is 0 Å². The summed E-state index contributed by atoms with van der Waals surface area (Å²) in [5.74, 6) is -0.998. The van der Waals surface area contributed by atoms with Crippen LogP contribution < -0.4 is 5.32 Å². The van der Waals surface area contributed by atoms with Gasteiger partial charge in [0.25, 0.3) is 5.91 Å². The van der Waals surface area contributed by atoms with E-state index in [1.807, 2.05) is 0 Å². The number of benzene rings is 2. The van der Waals surface area contributed by atoms with Gasteiger partial charge in [-0.3, -0.25) is 9.59 Å². The summed E-state index contributed by atoms with van der Waals surface area (Å²) in [5.41, 5.74) is -0.573. The van der Waals surface area contributed by atoms with E-state index < -0.39 is 22.7 Å². The van der Waals surface area contributed by atoms with Crippen LogP contribution in [0.1, 0.15) is 28.8 Å². The highest BCUT2D eigenvalue weighted by Gasteiger charge is 2.34. The molecule has 2 amide bonds. The molecule has 1 heterocycles. The van der Waals surface area contributed by atoms with Crippen molar-refractivity contribution in [2.45, 2.75) is 19.0 Å². The van der Waals surface area contributed by atoms with E-state index >= 15 is 0 Å². The van der Waals surface area contributed by atoms with E-state index in [-0.39, 0.29) is 17.5 Å². The molecule has 2 aromatic rings. The minimum atomic E-state index is -4.61. The lowest BCUT2D eigenvalue weighted by Gasteiger charge is -2.31. The van der Waals surface area contributed by atoms with E-state index in [0.29, 0.717) is 36.5 Å². The van der Waals surface area contributed by atoms with Crippen LogP contribution in [0.2, 0.25) is 10.0 Å². The molecule has 1 aliphatic heterocycles. The molecule has 0 spiro atoms. The Balaban J connectivity index is 1.61. The second-order valence-electron chi connectivity index (χ2n) is 6.73. The lowest BCUT2D eigenvalue weighted by Crippen LogP contribution is -2.41. The zero-order chi connectivity index (χ0) is 21.2. The van der Waals surface area contributed by atoms with Gasteiger partial charge >= 0.3 is 6.18 Å². The Kier molecular flexibility index (Phi) is 6.39. The Hall–Kier alpha value is -2.25. The summed E-state index contributed by atoms with van der Waals surface area (Å²) in [4.78, 5) is 26.7. The number of alkyl halides is 3. The third-order valence-corrected chi connectivity index (χ3v) is 5.46. The van der Waals surface area contributed by atoms with Gasteiger partial charge in [0.15, 0.2) is 0 Å². The number of piperidine rings is 1. The Labute approximate surface area is 175 Å². The van der Waals surface area contributed by atoms with Gasteiger partial charge < -0.3 is 10.2 Å². The van der Waals surface area contributed by atoms with E-state index in [0.717, 1.165) is 12.1 Å². The predicted octanol–water partition coefficient (Wildman–Crippen LogP) is 5.50. The molecule has 4 nitrogen and oxygen atoms in total. The number of hydrogen-bond acceptors (Lipinski definition) is 2. The number of nitrogens with one attached hydrogen (secondary N) is 1. The topological polar surface area (TPSA) is 49.4 Å². The molecular formula is C20H17Cl2F3N2O2. The number of rotatable bonds is 3. The molecule has 2 aromatic carbocycles. The van der Waals surface area contributed by atoms with Crippen molar-refractivity contribution < 1.29 is 22.8 Å². The highest BCUT2D eigenvalue weighted by atomic mass is 35.5. The summed E-state index contributed by atoms with van der Waals surface area (Å²) in [6, 6.07) is 9.97. The fourth-order valence-electron chi connectivity index (χ4n) is 3.21. The first-order chi connectivity index (χ1) is 13.7. The van der Waals surface area contributed by atoms with Gasteiger partial charge in [-0.2, -0.15) is 13.2 Å². The number of nitrogens with zero attached hydrogens (tertiary/aromatic N) is 1. The smallest absolute Gasteiger partial charge is 0.339 e. The van der Waals surface area contributed by atoms with Gasteiger partial charge in [-0.15, -0.1) is 0 Å². The molecular weight excluding hydrogens is 428 g/mol. The van der Waals surface area contributed by atoms with E-state index in [9.17, 15) is 22.8 Å². The standard InChI is InChI=1S/C20H17Cl2F3N2O2/c21-16-4-2-1-3-14(16)19(29)27-9-7-12(8-10-27)18(28)26-13-5-6-17(22)15(11-13)20(23,24)25/h1-6,11-12H,7-10H2,(H,26,28). The van der Waals surface area contributed by atoms with Crippen molar-refractivity contribution in [3.8, 4) is 0 Å². The maximum absolute atomic E-state index is 13.0. The van der Waals surface area contributed by atoms with Crippen LogP contribution >= 0.6 is 23.2 Å². The number of halogens is 5. The maximum atomic E-state index is 13.0. The van der Waals surface area contributed by atoms with E-state index in [2.05, 4.69) is 5.32 Å². The highest BCUT2D eigenvalue weighted by molar-refractivity contribution is 6.33. The minimum Gasteiger partial charge on any atom is -0.339 e. The molecule has 154 valence electrons. The van der Waals surface area contributed by atoms with Gasteiger partial charge in [-0.25, -0.2) is 0 Å². The number of amides is 2. The molecule has 0 radical (unpaired) electrons. The van der Waals surface area contributed by atoms with Gasteiger partial charge in [-0.1, -0.05) is 35.3 Å². The summed E-state index contributed by atoms with van der Waals surface area (Å²) in [6.45, 7) is 0.715. The first-order valence-corrected chi connectivity index (χ1v) is 9.64. The maximum Gasteiger partial charge on any atom is 0.417 e. The van der Waals surface area contributed by atoms with Gasteiger partial charge in [0.1, 0.15) is 0 Å². The first-order valence-electron chi connectivity index (χ1n) is 8.88. The minimum absolute atomic E-state index is 0.0290. The van der Waals surface area contributed by atoms with Crippen molar-refractivity contribution in [1.29, 1.82) is 0 Å². The summed E-state index contributed by atoms with van der Waals surface area (Å²) in [6.07, 6.45) is -3.80. The molecule has 1 N–H and O–H groups in total. The third kappa shape index (κ3) is 5.03. The zero-order valence-electron chi connectivity index (χ0n) is 15.1. The quantitative estimate of drug-likeness (QED) is 0.678. The Bertz CT molecular complexity index is 926. The lowest BCUT2D eigenvalue weighted by molar-refractivity contribution is -0.137. The fourth-order valence-corrected chi connectivity index (χ4v) is 3.66. The molecule has 0 atom stereocenters. The summed E-state index contributed by atoms with van der Waals surface area (Å²) < 4.78 is 38.9. The SMILES string of the molecule is O=C(Nc1ccc(Cl)c(C(F)(F)F)c1)C1CCN(C(=O)c2ccccc2Cl)CC1. The fraction of sp³-hybridized carbons (Fsp3) is 0.300. The molecule has 9 heteroatoms. The second kappa shape index (κ2) is 8.63. The summed E-state index contributed by atoms with van der Waals surface area (Å²) >= 11 is 11.7. The summed E-state index contributed by atoms with van der Waals surface area (Å²) in [5, 5.41) is 2.45. The van der Waals surface area contributed by atoms with Crippen molar-refractivity contribution >= 4 is 40.7 Å². The number of carbonyl (C=O) groups excluding carboxylic acids is 2. The van der Waals surface area contributed by atoms with E-state index in [4.69, 9.17) is 23.2 Å².